The molecule has 10 heteroatoms. The summed E-state index contributed by atoms with van der Waals surface area (Å²) in [5.74, 6) is -0.0194. The number of hydrogen-bond acceptors (Lipinski definition) is 7. The van der Waals surface area contributed by atoms with Gasteiger partial charge in [0.25, 0.3) is 5.91 Å². The van der Waals surface area contributed by atoms with Crippen molar-refractivity contribution in [3.05, 3.63) is 77.7 Å². The lowest BCUT2D eigenvalue weighted by Crippen LogP contribution is -2.50. The molecule has 3 aromatic rings. The lowest BCUT2D eigenvalue weighted by Gasteiger charge is -2.37. The molecule has 0 saturated carbocycles. The highest BCUT2D eigenvalue weighted by atomic mass is 16.6. The van der Waals surface area contributed by atoms with Crippen LogP contribution in [-0.4, -0.2) is 64.6 Å². The predicted octanol–water partition coefficient (Wildman–Crippen LogP) is 3.88. The largest absolute Gasteiger partial charge is 0.444 e. The van der Waals surface area contributed by atoms with Crippen molar-refractivity contribution in [3.8, 4) is 0 Å². The van der Waals surface area contributed by atoms with Crippen LogP contribution < -0.4 is 15.1 Å². The fraction of sp³-hybridized carbons (Fsp3) is 0.345. The van der Waals surface area contributed by atoms with E-state index in [9.17, 15) is 14.4 Å². The SMILES string of the molecule is CC(C)(C)OC(=O)N1CCN(c2ccncc2NC(=O)c2cccc(N3Cc4ccccc4CC3=O)n2)CC1. The van der Waals surface area contributed by atoms with Gasteiger partial charge in [0, 0.05) is 32.4 Å². The lowest BCUT2D eigenvalue weighted by atomic mass is 9.99. The Morgan fingerprint density at radius 3 is 2.44 bits per heavy atom. The van der Waals surface area contributed by atoms with Gasteiger partial charge in [0.1, 0.15) is 17.1 Å². The van der Waals surface area contributed by atoms with E-state index in [4.69, 9.17) is 4.74 Å². The summed E-state index contributed by atoms with van der Waals surface area (Å²) < 4.78 is 5.49. The average molecular weight is 529 g/mol. The number of amides is 3. The van der Waals surface area contributed by atoms with Crippen LogP contribution in [0.4, 0.5) is 22.0 Å². The number of hydrogen-bond donors (Lipinski definition) is 1. The molecule has 0 unspecified atom stereocenters. The van der Waals surface area contributed by atoms with Crippen LogP contribution >= 0.6 is 0 Å². The molecule has 3 amide bonds. The highest BCUT2D eigenvalue weighted by molar-refractivity contribution is 6.05. The normalized spacial score (nSPS) is 15.6. The van der Waals surface area contributed by atoms with Gasteiger partial charge in [0.05, 0.1) is 30.5 Å². The number of aromatic nitrogens is 2. The van der Waals surface area contributed by atoms with Crippen LogP contribution in [-0.2, 0) is 22.5 Å². The summed E-state index contributed by atoms with van der Waals surface area (Å²) in [6.07, 6.45) is 3.24. The van der Waals surface area contributed by atoms with Crippen molar-refractivity contribution in [2.24, 2.45) is 0 Å². The molecule has 1 N–H and O–H groups in total. The average Bonchev–Trinajstić information content (AvgIpc) is 2.92. The molecular formula is C29H32N6O4. The van der Waals surface area contributed by atoms with Gasteiger partial charge in [0.2, 0.25) is 5.91 Å². The standard InChI is InChI=1S/C29H32N6O4/c1-29(2,3)39-28(38)34-15-13-33(14-16-34)24-11-12-30-18-23(24)32-27(37)22-9-6-10-25(31-22)35-19-21-8-5-4-7-20(21)17-26(35)36/h4-12,18H,13-17,19H2,1-3H3,(H,32,37). The van der Waals surface area contributed by atoms with Gasteiger partial charge < -0.3 is 19.9 Å². The Morgan fingerprint density at radius 2 is 1.69 bits per heavy atom. The molecule has 0 spiro atoms. The molecular weight excluding hydrogens is 496 g/mol. The molecule has 0 radical (unpaired) electrons. The molecule has 0 atom stereocenters. The van der Waals surface area contributed by atoms with Crippen LogP contribution in [0.25, 0.3) is 0 Å². The first kappa shape index (κ1) is 26.1. The van der Waals surface area contributed by atoms with Crippen LogP contribution in [0.5, 0.6) is 0 Å². The van der Waals surface area contributed by atoms with E-state index in [-0.39, 0.29) is 17.7 Å². The quantitative estimate of drug-likeness (QED) is 0.548. The summed E-state index contributed by atoms with van der Waals surface area (Å²) in [6.45, 7) is 8.12. The highest BCUT2D eigenvalue weighted by Crippen LogP contribution is 2.28. The molecule has 2 aromatic heterocycles. The van der Waals surface area contributed by atoms with Gasteiger partial charge in [-0.25, -0.2) is 9.78 Å². The Labute approximate surface area is 227 Å². The van der Waals surface area contributed by atoms with Crippen molar-refractivity contribution >= 4 is 35.1 Å². The van der Waals surface area contributed by atoms with E-state index in [2.05, 4.69) is 20.2 Å². The number of anilines is 3. The first-order valence-electron chi connectivity index (χ1n) is 13.0. The number of benzene rings is 1. The third-order valence-electron chi connectivity index (χ3n) is 6.65. The number of fused-ring (bicyclic) bond motifs is 1. The minimum atomic E-state index is -0.548. The maximum absolute atomic E-state index is 13.2. The molecule has 10 nitrogen and oxygen atoms in total. The van der Waals surface area contributed by atoms with E-state index >= 15 is 0 Å². The lowest BCUT2D eigenvalue weighted by molar-refractivity contribution is -0.118. The molecule has 1 aromatic carbocycles. The molecule has 5 rings (SSSR count). The van der Waals surface area contributed by atoms with Gasteiger partial charge in [-0.1, -0.05) is 30.3 Å². The maximum Gasteiger partial charge on any atom is 0.410 e. The van der Waals surface area contributed by atoms with Crippen LogP contribution in [0, 0.1) is 0 Å². The van der Waals surface area contributed by atoms with Crippen LogP contribution in [0.15, 0.2) is 60.9 Å². The summed E-state index contributed by atoms with van der Waals surface area (Å²) in [5, 5.41) is 2.93. The van der Waals surface area contributed by atoms with Crippen molar-refractivity contribution < 1.29 is 19.1 Å². The Balaban J connectivity index is 1.27. The minimum absolute atomic E-state index is 0.0566. The number of ether oxygens (including phenoxy) is 1. The second kappa shape index (κ2) is 10.7. The molecule has 1 saturated heterocycles. The molecule has 4 heterocycles. The van der Waals surface area contributed by atoms with Gasteiger partial charge in [0.15, 0.2) is 0 Å². The fourth-order valence-electron chi connectivity index (χ4n) is 4.71. The van der Waals surface area contributed by atoms with Crippen molar-refractivity contribution in [1.29, 1.82) is 0 Å². The zero-order valence-corrected chi connectivity index (χ0v) is 22.4. The number of nitrogens with zero attached hydrogens (tertiary/aromatic N) is 5. The second-order valence-corrected chi connectivity index (χ2v) is 10.6. The monoisotopic (exact) mass is 528 g/mol. The maximum atomic E-state index is 13.2. The molecule has 39 heavy (non-hydrogen) atoms. The van der Waals surface area contributed by atoms with Crippen LogP contribution in [0.2, 0.25) is 0 Å². The summed E-state index contributed by atoms with van der Waals surface area (Å²) in [4.78, 5) is 52.6. The third-order valence-corrected chi connectivity index (χ3v) is 6.65. The number of carbonyl (C=O) groups excluding carboxylic acids is 3. The van der Waals surface area contributed by atoms with Gasteiger partial charge in [-0.05, 0) is 50.1 Å². The summed E-state index contributed by atoms with van der Waals surface area (Å²) in [5.41, 5.74) is 3.09. The number of pyridine rings is 2. The van der Waals surface area contributed by atoms with Crippen molar-refractivity contribution in [2.75, 3.05) is 41.3 Å². The molecule has 2 aliphatic heterocycles. The van der Waals surface area contributed by atoms with E-state index in [1.807, 2.05) is 51.1 Å². The van der Waals surface area contributed by atoms with Gasteiger partial charge >= 0.3 is 6.09 Å². The summed E-state index contributed by atoms with van der Waals surface area (Å²) in [6, 6.07) is 14.8. The Bertz CT molecular complexity index is 1390. The Hall–Kier alpha value is -4.47. The van der Waals surface area contributed by atoms with E-state index in [1.165, 1.54) is 0 Å². The third kappa shape index (κ3) is 6.00. The smallest absolute Gasteiger partial charge is 0.410 e. The van der Waals surface area contributed by atoms with E-state index in [1.54, 1.807) is 40.4 Å². The topological polar surface area (TPSA) is 108 Å². The first-order chi connectivity index (χ1) is 18.7. The summed E-state index contributed by atoms with van der Waals surface area (Å²) in [7, 11) is 0. The molecule has 202 valence electrons. The first-order valence-corrected chi connectivity index (χ1v) is 13.0. The number of piperazine rings is 1. The van der Waals surface area contributed by atoms with Gasteiger partial charge in [-0.3, -0.25) is 19.5 Å². The van der Waals surface area contributed by atoms with Crippen molar-refractivity contribution in [1.82, 2.24) is 14.9 Å². The van der Waals surface area contributed by atoms with E-state index in [0.29, 0.717) is 50.6 Å². The Kier molecular flexibility index (Phi) is 7.19. The van der Waals surface area contributed by atoms with Gasteiger partial charge in [-0.2, -0.15) is 0 Å². The second-order valence-electron chi connectivity index (χ2n) is 10.6. The van der Waals surface area contributed by atoms with Crippen LogP contribution in [0.3, 0.4) is 0 Å². The van der Waals surface area contributed by atoms with Gasteiger partial charge in [-0.15, -0.1) is 0 Å². The Morgan fingerprint density at radius 1 is 0.949 bits per heavy atom. The van der Waals surface area contributed by atoms with E-state index in [0.717, 1.165) is 16.8 Å². The number of carbonyl (C=O) groups is 3. The van der Waals surface area contributed by atoms with Crippen molar-refractivity contribution in [2.45, 2.75) is 39.3 Å². The van der Waals surface area contributed by atoms with E-state index < -0.39 is 11.5 Å². The van der Waals surface area contributed by atoms with Crippen LogP contribution in [0.1, 0.15) is 42.4 Å². The van der Waals surface area contributed by atoms with Crippen molar-refractivity contribution in [3.63, 3.8) is 0 Å². The minimum Gasteiger partial charge on any atom is -0.444 e. The predicted molar refractivity (Wildman–Crippen MR) is 148 cm³/mol. The zero-order valence-electron chi connectivity index (χ0n) is 22.4. The number of rotatable bonds is 4. The highest BCUT2D eigenvalue weighted by Gasteiger charge is 2.28. The summed E-state index contributed by atoms with van der Waals surface area (Å²) >= 11 is 0. The molecule has 0 bridgehead atoms. The molecule has 2 aliphatic rings. The molecule has 1 fully saturated rings. The fourth-order valence-corrected chi connectivity index (χ4v) is 4.71. The molecule has 0 aliphatic carbocycles. The zero-order chi connectivity index (χ0) is 27.6. The number of nitrogens with one attached hydrogen (secondary N) is 1.